The molecular weight excluding hydrogens is 355 g/mol. The summed E-state index contributed by atoms with van der Waals surface area (Å²) in [6, 6.07) is 1.50. The van der Waals surface area contributed by atoms with Gasteiger partial charge in [0.2, 0.25) is 5.91 Å². The number of hydrogen-bond donors (Lipinski definition) is 1. The van der Waals surface area contributed by atoms with Crippen molar-refractivity contribution in [3.8, 4) is 0 Å². The molecule has 0 saturated carbocycles. The fourth-order valence-corrected chi connectivity index (χ4v) is 3.27. The number of nitrogens with zero attached hydrogens (tertiary/aromatic N) is 2. The zero-order valence-corrected chi connectivity index (χ0v) is 13.8. The van der Waals surface area contributed by atoms with Crippen LogP contribution in [-0.2, 0) is 22.3 Å². The van der Waals surface area contributed by atoms with Crippen molar-refractivity contribution >= 4 is 12.0 Å². The van der Waals surface area contributed by atoms with Crippen molar-refractivity contribution in [2.45, 2.75) is 37.6 Å². The van der Waals surface area contributed by atoms with E-state index in [0.29, 0.717) is 51.2 Å². The molecule has 2 fully saturated rings. The Hall–Kier alpha value is -2.52. The first-order valence-corrected chi connectivity index (χ1v) is 8.21. The number of hydrogen-bond acceptors (Lipinski definition) is 4. The lowest BCUT2D eigenvalue weighted by Gasteiger charge is -2.25. The van der Waals surface area contributed by atoms with Gasteiger partial charge in [-0.2, -0.15) is 13.2 Å². The number of halogens is 3. The van der Waals surface area contributed by atoms with Crippen molar-refractivity contribution in [1.82, 2.24) is 14.8 Å². The van der Waals surface area contributed by atoms with Crippen LogP contribution < -0.4 is 10.9 Å². The monoisotopic (exact) mass is 373 g/mol. The quantitative estimate of drug-likeness (QED) is 0.849. The normalized spacial score (nSPS) is 23.5. The van der Waals surface area contributed by atoms with Gasteiger partial charge in [-0.05, 0) is 18.9 Å². The minimum Gasteiger partial charge on any atom is -0.441 e. The van der Waals surface area contributed by atoms with E-state index >= 15 is 0 Å². The molecule has 7 nitrogen and oxygen atoms in total. The van der Waals surface area contributed by atoms with Gasteiger partial charge in [0.15, 0.2) is 0 Å². The highest BCUT2D eigenvalue weighted by atomic mass is 19.4. The summed E-state index contributed by atoms with van der Waals surface area (Å²) in [5.41, 5.74) is -2.30. The van der Waals surface area contributed by atoms with E-state index in [1.54, 1.807) is 0 Å². The van der Waals surface area contributed by atoms with Gasteiger partial charge in [0.25, 0.3) is 5.56 Å². The van der Waals surface area contributed by atoms with E-state index in [2.05, 4.69) is 5.32 Å². The summed E-state index contributed by atoms with van der Waals surface area (Å²) < 4.78 is 44.5. The number of alkyl carbamates (subject to hydrolysis) is 1. The van der Waals surface area contributed by atoms with Crippen LogP contribution in [0.4, 0.5) is 18.0 Å². The molecule has 0 bridgehead atoms. The molecule has 1 aromatic rings. The predicted molar refractivity (Wildman–Crippen MR) is 83.3 cm³/mol. The molecule has 26 heavy (non-hydrogen) atoms. The SMILES string of the molecule is O=C1NC[C@@]2(CCCN(C(=O)Cn3cc(C(F)(F)F)ccc3=O)CC2)O1. The van der Waals surface area contributed by atoms with Crippen LogP contribution in [0.15, 0.2) is 23.1 Å². The van der Waals surface area contributed by atoms with Gasteiger partial charge >= 0.3 is 12.3 Å². The van der Waals surface area contributed by atoms with Gasteiger partial charge in [0.1, 0.15) is 12.1 Å². The summed E-state index contributed by atoms with van der Waals surface area (Å²) in [7, 11) is 0. The molecule has 1 aromatic heterocycles. The largest absolute Gasteiger partial charge is 0.441 e. The molecule has 0 unspecified atom stereocenters. The van der Waals surface area contributed by atoms with Crippen LogP contribution in [0.25, 0.3) is 0 Å². The molecule has 3 rings (SSSR count). The molecule has 1 N–H and O–H groups in total. The number of likely N-dealkylation sites (tertiary alicyclic amines) is 1. The molecule has 2 aliphatic rings. The van der Waals surface area contributed by atoms with Gasteiger partial charge < -0.3 is 19.5 Å². The molecule has 2 aliphatic heterocycles. The third kappa shape index (κ3) is 3.83. The zero-order chi connectivity index (χ0) is 18.9. The molecule has 1 atom stereocenters. The number of amides is 2. The van der Waals surface area contributed by atoms with Gasteiger partial charge in [0.05, 0.1) is 12.1 Å². The first-order valence-electron chi connectivity index (χ1n) is 8.21. The number of alkyl halides is 3. The lowest BCUT2D eigenvalue weighted by atomic mass is 9.95. The maximum Gasteiger partial charge on any atom is 0.417 e. The second kappa shape index (κ2) is 6.65. The standard InChI is InChI=1S/C16H18F3N3O4/c17-16(18,19)11-2-3-12(23)22(8-11)9-13(24)21-6-1-4-15(5-7-21)10-20-14(25)26-15/h2-3,8H,1,4-7,9-10H2,(H,20,25)/t15-/m0/s1. The molecule has 0 aliphatic carbocycles. The average Bonchev–Trinajstić information content (AvgIpc) is 2.79. The fraction of sp³-hybridized carbons (Fsp3) is 0.562. The van der Waals surface area contributed by atoms with Gasteiger partial charge in [-0.3, -0.25) is 9.59 Å². The fourth-order valence-electron chi connectivity index (χ4n) is 3.27. The molecule has 0 aromatic carbocycles. The summed E-state index contributed by atoms with van der Waals surface area (Å²) in [6.45, 7) is 0.613. The molecule has 142 valence electrons. The summed E-state index contributed by atoms with van der Waals surface area (Å²) in [6.07, 6.45) is -2.79. The summed E-state index contributed by atoms with van der Waals surface area (Å²) in [5.74, 6) is -0.444. The highest BCUT2D eigenvalue weighted by molar-refractivity contribution is 5.76. The number of carbonyl (C=O) groups is 2. The minimum absolute atomic E-state index is 0.307. The van der Waals surface area contributed by atoms with E-state index in [4.69, 9.17) is 4.74 Å². The zero-order valence-electron chi connectivity index (χ0n) is 13.8. The topological polar surface area (TPSA) is 80.6 Å². The number of carbonyl (C=O) groups excluding carboxylic acids is 2. The van der Waals surface area contributed by atoms with Crippen molar-refractivity contribution in [2.24, 2.45) is 0 Å². The van der Waals surface area contributed by atoms with Crippen LogP contribution in [0, 0.1) is 0 Å². The molecule has 10 heteroatoms. The molecule has 2 saturated heterocycles. The van der Waals surface area contributed by atoms with Gasteiger partial charge in [0, 0.05) is 31.8 Å². The molecule has 2 amide bonds. The summed E-state index contributed by atoms with van der Waals surface area (Å²) in [4.78, 5) is 37.0. The van der Waals surface area contributed by atoms with Crippen LogP contribution in [-0.4, -0.2) is 46.7 Å². The predicted octanol–water partition coefficient (Wildman–Crippen LogP) is 1.36. The van der Waals surface area contributed by atoms with E-state index < -0.39 is 41.4 Å². The highest BCUT2D eigenvalue weighted by Crippen LogP contribution is 2.30. The van der Waals surface area contributed by atoms with Crippen molar-refractivity contribution in [2.75, 3.05) is 19.6 Å². The number of pyridine rings is 1. The Morgan fingerprint density at radius 3 is 2.65 bits per heavy atom. The average molecular weight is 373 g/mol. The van der Waals surface area contributed by atoms with Crippen molar-refractivity contribution in [3.05, 3.63) is 34.2 Å². The molecule has 3 heterocycles. The Balaban J connectivity index is 1.69. The number of nitrogens with one attached hydrogen (secondary N) is 1. The molecule has 1 spiro atoms. The Morgan fingerprint density at radius 2 is 2.00 bits per heavy atom. The Bertz CT molecular complexity index is 777. The van der Waals surface area contributed by atoms with Crippen LogP contribution in [0.2, 0.25) is 0 Å². The Morgan fingerprint density at radius 1 is 1.23 bits per heavy atom. The van der Waals surface area contributed by atoms with Crippen molar-refractivity contribution in [1.29, 1.82) is 0 Å². The number of aromatic nitrogens is 1. The summed E-state index contributed by atoms with van der Waals surface area (Å²) in [5, 5.41) is 2.60. The lowest BCUT2D eigenvalue weighted by Crippen LogP contribution is -2.39. The van der Waals surface area contributed by atoms with Crippen LogP contribution in [0.5, 0.6) is 0 Å². The van der Waals surface area contributed by atoms with Gasteiger partial charge in [-0.25, -0.2) is 4.79 Å². The van der Waals surface area contributed by atoms with Gasteiger partial charge in [-0.1, -0.05) is 0 Å². The maximum absolute atomic E-state index is 12.8. The summed E-state index contributed by atoms with van der Waals surface area (Å²) >= 11 is 0. The molecular formula is C16H18F3N3O4. The smallest absolute Gasteiger partial charge is 0.417 e. The number of ether oxygens (including phenoxy) is 1. The van der Waals surface area contributed by atoms with Crippen molar-refractivity contribution in [3.63, 3.8) is 0 Å². The first kappa shape index (κ1) is 18.3. The lowest BCUT2D eigenvalue weighted by molar-refractivity contribution is -0.138. The van der Waals surface area contributed by atoms with E-state index in [9.17, 15) is 27.6 Å². The van der Waals surface area contributed by atoms with E-state index in [-0.39, 0.29) is 0 Å². The maximum atomic E-state index is 12.8. The second-order valence-electron chi connectivity index (χ2n) is 6.54. The van der Waals surface area contributed by atoms with E-state index in [0.717, 1.165) is 10.6 Å². The van der Waals surface area contributed by atoms with Crippen LogP contribution >= 0.6 is 0 Å². The van der Waals surface area contributed by atoms with E-state index in [1.165, 1.54) is 4.90 Å². The Kier molecular flexibility index (Phi) is 4.68. The van der Waals surface area contributed by atoms with Crippen LogP contribution in [0.1, 0.15) is 24.8 Å². The highest BCUT2D eigenvalue weighted by Gasteiger charge is 2.41. The third-order valence-corrected chi connectivity index (χ3v) is 4.73. The Labute approximate surface area is 146 Å². The van der Waals surface area contributed by atoms with E-state index in [1.807, 2.05) is 0 Å². The van der Waals surface area contributed by atoms with Crippen LogP contribution in [0.3, 0.4) is 0 Å². The first-order chi connectivity index (χ1) is 12.2. The number of rotatable bonds is 2. The van der Waals surface area contributed by atoms with Gasteiger partial charge in [-0.15, -0.1) is 0 Å². The second-order valence-corrected chi connectivity index (χ2v) is 6.54. The minimum atomic E-state index is -4.59. The molecule has 0 radical (unpaired) electrons. The third-order valence-electron chi connectivity index (χ3n) is 4.73. The van der Waals surface area contributed by atoms with Crippen molar-refractivity contribution < 1.29 is 27.5 Å².